The van der Waals surface area contributed by atoms with Crippen LogP contribution in [0, 0.1) is 0 Å². The van der Waals surface area contributed by atoms with E-state index >= 15 is 0 Å². The van der Waals surface area contributed by atoms with E-state index in [1.807, 2.05) is 0 Å². The largest absolute Gasteiger partial charge is 0.497 e. The minimum Gasteiger partial charge on any atom is -0.497 e. The fourth-order valence-corrected chi connectivity index (χ4v) is 2.82. The summed E-state index contributed by atoms with van der Waals surface area (Å²) in [7, 11) is 1.39. The number of alkyl halides is 2. The second-order valence-electron chi connectivity index (χ2n) is 5.97. The number of piperidine rings is 1. The molecule has 2 rings (SSSR count). The zero-order chi connectivity index (χ0) is 18.2. The summed E-state index contributed by atoms with van der Waals surface area (Å²) < 4.78 is 34.4. The summed E-state index contributed by atoms with van der Waals surface area (Å²) in [5.74, 6) is -0.550. The highest BCUT2D eigenvalue weighted by molar-refractivity contribution is 5.97. The third-order valence-corrected chi connectivity index (χ3v) is 4.07. The molecule has 1 aromatic carbocycles. The lowest BCUT2D eigenvalue weighted by Gasteiger charge is -2.28. The number of carbonyl (C=O) groups excluding carboxylic acids is 1. The van der Waals surface area contributed by atoms with Gasteiger partial charge in [0.25, 0.3) is 5.91 Å². The average molecular weight is 358 g/mol. The molecule has 25 heavy (non-hydrogen) atoms. The Kier molecular flexibility index (Phi) is 7.39. The first kappa shape index (κ1) is 19.4. The number of rotatable bonds is 8. The molecule has 0 spiro atoms. The number of hydrogen-bond acceptors (Lipinski definition) is 5. The predicted molar refractivity (Wildman–Crippen MR) is 88.3 cm³/mol. The molecule has 1 aliphatic rings. The van der Waals surface area contributed by atoms with Gasteiger partial charge in [0.1, 0.15) is 11.5 Å². The second-order valence-corrected chi connectivity index (χ2v) is 5.97. The molecule has 1 fully saturated rings. The minimum atomic E-state index is -3.05. The topological polar surface area (TPSA) is 71.0 Å². The van der Waals surface area contributed by atoms with Crippen LogP contribution in [0.25, 0.3) is 0 Å². The molecular formula is C17H24F2N2O4. The summed E-state index contributed by atoms with van der Waals surface area (Å²) in [5.41, 5.74) is -0.0359. The summed E-state index contributed by atoms with van der Waals surface area (Å²) in [6.07, 6.45) is 2.70. The summed E-state index contributed by atoms with van der Waals surface area (Å²) in [6, 6.07) is 4.06. The number of aliphatic hydroxyl groups is 1. The molecule has 0 aromatic heterocycles. The number of amides is 1. The van der Waals surface area contributed by atoms with Crippen LogP contribution in [0.5, 0.6) is 11.5 Å². The number of β-amino-alcohol motifs (C(OH)–C–C–N with tert-alkyl or cyclic N) is 1. The number of benzene rings is 1. The number of nitrogens with zero attached hydrogens (tertiary/aromatic N) is 1. The molecule has 0 bridgehead atoms. The molecule has 0 saturated carbocycles. The van der Waals surface area contributed by atoms with Crippen molar-refractivity contribution in [2.24, 2.45) is 0 Å². The summed E-state index contributed by atoms with van der Waals surface area (Å²) in [6.45, 7) is -0.659. The highest BCUT2D eigenvalue weighted by Gasteiger charge is 2.19. The third-order valence-electron chi connectivity index (χ3n) is 4.07. The van der Waals surface area contributed by atoms with E-state index in [0.717, 1.165) is 25.9 Å². The van der Waals surface area contributed by atoms with E-state index in [1.54, 1.807) is 0 Å². The Bertz CT molecular complexity index is 566. The van der Waals surface area contributed by atoms with Crippen molar-refractivity contribution < 1.29 is 28.2 Å². The Balaban J connectivity index is 1.92. The lowest BCUT2D eigenvalue weighted by Crippen LogP contribution is -2.42. The Morgan fingerprint density at radius 2 is 2.04 bits per heavy atom. The molecule has 0 aliphatic carbocycles. The molecule has 0 radical (unpaired) electrons. The summed E-state index contributed by atoms with van der Waals surface area (Å²) >= 11 is 0. The molecule has 2 N–H and O–H groups in total. The minimum absolute atomic E-state index is 0.0359. The van der Waals surface area contributed by atoms with Gasteiger partial charge in [0.05, 0.1) is 18.8 Å². The highest BCUT2D eigenvalue weighted by atomic mass is 19.3. The Morgan fingerprint density at radius 3 is 2.68 bits per heavy atom. The van der Waals surface area contributed by atoms with E-state index in [4.69, 9.17) is 4.74 Å². The zero-order valence-electron chi connectivity index (χ0n) is 14.2. The maximum atomic E-state index is 12.5. The van der Waals surface area contributed by atoms with Crippen LogP contribution in [0.4, 0.5) is 8.78 Å². The summed E-state index contributed by atoms with van der Waals surface area (Å²) in [5, 5.41) is 12.6. The number of methoxy groups -OCH3 is 1. The smallest absolute Gasteiger partial charge is 0.387 e. The van der Waals surface area contributed by atoms with Crippen molar-refractivity contribution in [3.63, 3.8) is 0 Å². The van der Waals surface area contributed by atoms with Gasteiger partial charge in [-0.05, 0) is 38.1 Å². The molecule has 1 amide bonds. The zero-order valence-corrected chi connectivity index (χ0v) is 14.2. The fourth-order valence-electron chi connectivity index (χ4n) is 2.82. The van der Waals surface area contributed by atoms with Crippen LogP contribution < -0.4 is 14.8 Å². The number of ether oxygens (including phenoxy) is 2. The van der Waals surface area contributed by atoms with Gasteiger partial charge in [-0.2, -0.15) is 8.78 Å². The van der Waals surface area contributed by atoms with Gasteiger partial charge in [0.2, 0.25) is 0 Å². The molecule has 1 aliphatic heterocycles. The standard InChI is InChI=1S/C17H24F2N2O4/c1-24-13-5-6-14(15(9-13)25-17(18)19)16(23)20-10-12(22)11-21-7-3-2-4-8-21/h5-6,9,12,17,22H,2-4,7-8,10-11H2,1H3,(H,20,23)/t12-/m1/s1. The third kappa shape index (κ3) is 6.13. The highest BCUT2D eigenvalue weighted by Crippen LogP contribution is 2.26. The van der Waals surface area contributed by atoms with Crippen LogP contribution in [0.3, 0.4) is 0 Å². The van der Waals surface area contributed by atoms with Crippen LogP contribution in [-0.4, -0.2) is 61.9 Å². The number of nitrogens with one attached hydrogen (secondary N) is 1. The first-order valence-corrected chi connectivity index (χ1v) is 8.31. The molecule has 1 heterocycles. The number of likely N-dealkylation sites (tertiary alicyclic amines) is 1. The lowest BCUT2D eigenvalue weighted by molar-refractivity contribution is -0.0502. The van der Waals surface area contributed by atoms with Crippen LogP contribution in [-0.2, 0) is 0 Å². The molecule has 1 aromatic rings. The van der Waals surface area contributed by atoms with Gasteiger partial charge >= 0.3 is 6.61 Å². The monoisotopic (exact) mass is 358 g/mol. The fraction of sp³-hybridized carbons (Fsp3) is 0.588. The van der Waals surface area contributed by atoms with E-state index in [2.05, 4.69) is 15.0 Å². The van der Waals surface area contributed by atoms with Gasteiger partial charge in [0.15, 0.2) is 0 Å². The van der Waals surface area contributed by atoms with Gasteiger partial charge in [-0.25, -0.2) is 0 Å². The van der Waals surface area contributed by atoms with Crippen molar-refractivity contribution in [2.45, 2.75) is 32.0 Å². The van der Waals surface area contributed by atoms with E-state index in [0.29, 0.717) is 12.3 Å². The molecule has 1 atom stereocenters. The number of aliphatic hydroxyl groups excluding tert-OH is 1. The quantitative estimate of drug-likeness (QED) is 0.742. The maximum Gasteiger partial charge on any atom is 0.387 e. The van der Waals surface area contributed by atoms with Gasteiger partial charge < -0.3 is 24.8 Å². The normalized spacial score (nSPS) is 16.5. The van der Waals surface area contributed by atoms with Crippen molar-refractivity contribution in [2.75, 3.05) is 33.3 Å². The van der Waals surface area contributed by atoms with Crippen molar-refractivity contribution in [3.05, 3.63) is 23.8 Å². The van der Waals surface area contributed by atoms with Crippen molar-refractivity contribution in [1.29, 1.82) is 0 Å². The van der Waals surface area contributed by atoms with E-state index < -0.39 is 18.6 Å². The second kappa shape index (κ2) is 9.53. The molecule has 140 valence electrons. The number of hydrogen-bond donors (Lipinski definition) is 2. The SMILES string of the molecule is COc1ccc(C(=O)NC[C@@H](O)CN2CCCCC2)c(OC(F)F)c1. The van der Waals surface area contributed by atoms with Crippen LogP contribution in [0.2, 0.25) is 0 Å². The first-order chi connectivity index (χ1) is 12.0. The van der Waals surface area contributed by atoms with Gasteiger partial charge in [-0.15, -0.1) is 0 Å². The van der Waals surface area contributed by atoms with Crippen molar-refractivity contribution in [3.8, 4) is 11.5 Å². The van der Waals surface area contributed by atoms with Crippen LogP contribution >= 0.6 is 0 Å². The maximum absolute atomic E-state index is 12.5. The van der Waals surface area contributed by atoms with Gasteiger partial charge in [-0.1, -0.05) is 6.42 Å². The molecular weight excluding hydrogens is 334 g/mol. The number of carbonyl (C=O) groups is 1. The van der Waals surface area contributed by atoms with E-state index in [-0.39, 0.29) is 17.9 Å². The Labute approximate surface area is 145 Å². The van der Waals surface area contributed by atoms with Gasteiger partial charge in [-0.3, -0.25) is 4.79 Å². The first-order valence-electron chi connectivity index (χ1n) is 8.31. The van der Waals surface area contributed by atoms with Crippen molar-refractivity contribution in [1.82, 2.24) is 10.2 Å². The number of halogens is 2. The average Bonchev–Trinajstić information content (AvgIpc) is 2.60. The van der Waals surface area contributed by atoms with Gasteiger partial charge in [0, 0.05) is 19.2 Å². The van der Waals surface area contributed by atoms with Crippen LogP contribution in [0.15, 0.2) is 18.2 Å². The molecule has 8 heteroatoms. The van der Waals surface area contributed by atoms with E-state index in [9.17, 15) is 18.7 Å². The molecule has 6 nitrogen and oxygen atoms in total. The van der Waals surface area contributed by atoms with Crippen LogP contribution in [0.1, 0.15) is 29.6 Å². The molecule has 0 unspecified atom stereocenters. The van der Waals surface area contributed by atoms with E-state index in [1.165, 1.54) is 31.7 Å². The molecule has 1 saturated heterocycles. The Morgan fingerprint density at radius 1 is 1.32 bits per heavy atom. The van der Waals surface area contributed by atoms with Crippen molar-refractivity contribution >= 4 is 5.91 Å². The Hall–Kier alpha value is -1.93. The predicted octanol–water partition coefficient (Wildman–Crippen LogP) is 1.87. The summed E-state index contributed by atoms with van der Waals surface area (Å²) in [4.78, 5) is 14.4. The lowest BCUT2D eigenvalue weighted by atomic mass is 10.1.